The SMILES string of the molecule is CCN(CC(=O)O)C1CC(NC(=O)CO[C@H]2CCC[C@@H](C)C2)C1. The minimum absolute atomic E-state index is 0.0482. The number of ether oxygens (including phenoxy) is 1. The van der Waals surface area contributed by atoms with Crippen molar-refractivity contribution in [3.63, 3.8) is 0 Å². The Balaban J connectivity index is 1.61. The van der Waals surface area contributed by atoms with Crippen LogP contribution >= 0.6 is 0 Å². The second-order valence-corrected chi connectivity index (χ2v) is 7.05. The van der Waals surface area contributed by atoms with E-state index in [1.54, 1.807) is 0 Å². The lowest BCUT2D eigenvalue weighted by molar-refractivity contribution is -0.140. The number of rotatable bonds is 8. The van der Waals surface area contributed by atoms with Gasteiger partial charge in [-0.25, -0.2) is 0 Å². The largest absolute Gasteiger partial charge is 0.480 e. The van der Waals surface area contributed by atoms with E-state index in [4.69, 9.17) is 9.84 Å². The fourth-order valence-corrected chi connectivity index (χ4v) is 3.67. The number of carbonyl (C=O) groups excluding carboxylic acids is 1. The van der Waals surface area contributed by atoms with Crippen LogP contribution in [-0.4, -0.2) is 59.8 Å². The second-order valence-electron chi connectivity index (χ2n) is 7.05. The summed E-state index contributed by atoms with van der Waals surface area (Å²) in [6.07, 6.45) is 6.45. The number of aliphatic carboxylic acids is 1. The Hall–Kier alpha value is -1.14. The third-order valence-corrected chi connectivity index (χ3v) is 5.08. The summed E-state index contributed by atoms with van der Waals surface area (Å²) in [5.74, 6) is -0.152. The summed E-state index contributed by atoms with van der Waals surface area (Å²) in [5.41, 5.74) is 0. The van der Waals surface area contributed by atoms with E-state index in [1.807, 2.05) is 11.8 Å². The molecule has 2 saturated carbocycles. The Morgan fingerprint density at radius 3 is 2.61 bits per heavy atom. The lowest BCUT2D eigenvalue weighted by Gasteiger charge is -2.42. The van der Waals surface area contributed by atoms with Crippen LogP contribution in [0.15, 0.2) is 0 Å². The molecule has 1 amide bonds. The van der Waals surface area contributed by atoms with Crippen LogP contribution in [0.5, 0.6) is 0 Å². The Kier molecular flexibility index (Phi) is 6.84. The molecule has 0 aromatic carbocycles. The molecule has 0 spiro atoms. The van der Waals surface area contributed by atoms with Gasteiger partial charge in [0.05, 0.1) is 12.6 Å². The van der Waals surface area contributed by atoms with Crippen LogP contribution in [0.3, 0.4) is 0 Å². The Morgan fingerprint density at radius 2 is 2.00 bits per heavy atom. The third kappa shape index (κ3) is 5.77. The fourth-order valence-electron chi connectivity index (χ4n) is 3.67. The summed E-state index contributed by atoms with van der Waals surface area (Å²) in [6, 6.07) is 0.422. The summed E-state index contributed by atoms with van der Waals surface area (Å²) in [6.45, 7) is 5.14. The Morgan fingerprint density at radius 1 is 1.26 bits per heavy atom. The number of carbonyl (C=O) groups is 2. The van der Waals surface area contributed by atoms with E-state index in [2.05, 4.69) is 12.2 Å². The third-order valence-electron chi connectivity index (χ3n) is 5.08. The molecule has 0 aromatic heterocycles. The van der Waals surface area contributed by atoms with Crippen LogP contribution in [-0.2, 0) is 14.3 Å². The molecule has 132 valence electrons. The average Bonchev–Trinajstić information content (AvgIpc) is 2.46. The maximum atomic E-state index is 12.0. The first-order valence-electron chi connectivity index (χ1n) is 8.84. The van der Waals surface area contributed by atoms with Crippen LogP contribution in [0.4, 0.5) is 0 Å². The van der Waals surface area contributed by atoms with Crippen LogP contribution in [0.1, 0.15) is 52.4 Å². The van der Waals surface area contributed by atoms with Gasteiger partial charge in [-0.3, -0.25) is 14.5 Å². The molecule has 2 aliphatic rings. The molecule has 2 aliphatic carbocycles. The number of carboxylic acids is 1. The van der Waals surface area contributed by atoms with Crippen LogP contribution in [0, 0.1) is 5.92 Å². The maximum Gasteiger partial charge on any atom is 0.317 e. The van der Waals surface area contributed by atoms with Crippen molar-refractivity contribution >= 4 is 11.9 Å². The van der Waals surface area contributed by atoms with E-state index >= 15 is 0 Å². The summed E-state index contributed by atoms with van der Waals surface area (Å²) < 4.78 is 5.73. The molecule has 0 saturated heterocycles. The number of carboxylic acid groups (broad SMARTS) is 1. The van der Waals surface area contributed by atoms with E-state index < -0.39 is 5.97 Å². The maximum absolute atomic E-state index is 12.0. The number of likely N-dealkylation sites (N-methyl/N-ethyl adjacent to an activating group) is 1. The first-order chi connectivity index (χ1) is 11.0. The molecular formula is C17H30N2O4. The molecule has 0 aromatic rings. The van der Waals surface area contributed by atoms with E-state index in [-0.39, 0.29) is 37.2 Å². The van der Waals surface area contributed by atoms with Gasteiger partial charge in [-0.1, -0.05) is 26.7 Å². The predicted molar refractivity (Wildman–Crippen MR) is 87.2 cm³/mol. The average molecular weight is 326 g/mol. The van der Waals surface area contributed by atoms with Gasteiger partial charge in [0, 0.05) is 12.1 Å². The van der Waals surface area contributed by atoms with Crippen molar-refractivity contribution in [3.8, 4) is 0 Å². The quantitative estimate of drug-likeness (QED) is 0.709. The van der Waals surface area contributed by atoms with Crippen molar-refractivity contribution < 1.29 is 19.4 Å². The highest BCUT2D eigenvalue weighted by atomic mass is 16.5. The highest BCUT2D eigenvalue weighted by molar-refractivity contribution is 5.77. The van der Waals surface area contributed by atoms with Crippen molar-refractivity contribution in [2.24, 2.45) is 5.92 Å². The van der Waals surface area contributed by atoms with Crippen molar-refractivity contribution in [3.05, 3.63) is 0 Å². The monoisotopic (exact) mass is 326 g/mol. The molecule has 2 fully saturated rings. The zero-order chi connectivity index (χ0) is 16.8. The van der Waals surface area contributed by atoms with Crippen molar-refractivity contribution in [1.29, 1.82) is 0 Å². The molecule has 6 heteroatoms. The van der Waals surface area contributed by atoms with Gasteiger partial charge in [0.1, 0.15) is 6.61 Å². The zero-order valence-corrected chi connectivity index (χ0v) is 14.3. The van der Waals surface area contributed by atoms with Gasteiger partial charge in [0.2, 0.25) is 5.91 Å². The number of amides is 1. The highest BCUT2D eigenvalue weighted by Gasteiger charge is 2.34. The van der Waals surface area contributed by atoms with Gasteiger partial charge in [-0.2, -0.15) is 0 Å². The first kappa shape index (κ1) is 18.2. The summed E-state index contributed by atoms with van der Waals surface area (Å²) in [5, 5.41) is 11.9. The molecule has 6 nitrogen and oxygen atoms in total. The molecule has 0 unspecified atom stereocenters. The first-order valence-corrected chi connectivity index (χ1v) is 8.84. The topological polar surface area (TPSA) is 78.9 Å². The Labute approximate surface area is 138 Å². The van der Waals surface area contributed by atoms with Gasteiger partial charge in [-0.05, 0) is 38.1 Å². The number of nitrogens with one attached hydrogen (secondary N) is 1. The molecule has 0 heterocycles. The van der Waals surface area contributed by atoms with E-state index in [9.17, 15) is 9.59 Å². The molecule has 0 bridgehead atoms. The fraction of sp³-hybridized carbons (Fsp3) is 0.882. The molecule has 2 rings (SSSR count). The summed E-state index contributed by atoms with van der Waals surface area (Å²) in [4.78, 5) is 24.7. The molecule has 2 N–H and O–H groups in total. The van der Waals surface area contributed by atoms with Gasteiger partial charge < -0.3 is 15.2 Å². The van der Waals surface area contributed by atoms with Crippen molar-refractivity contribution in [1.82, 2.24) is 10.2 Å². The van der Waals surface area contributed by atoms with Crippen LogP contribution in [0.25, 0.3) is 0 Å². The number of hydrogen-bond donors (Lipinski definition) is 2. The normalized spacial score (nSPS) is 30.7. The minimum atomic E-state index is -0.797. The zero-order valence-electron chi connectivity index (χ0n) is 14.3. The minimum Gasteiger partial charge on any atom is -0.480 e. The molecule has 23 heavy (non-hydrogen) atoms. The smallest absolute Gasteiger partial charge is 0.317 e. The molecule has 0 radical (unpaired) electrons. The van der Waals surface area contributed by atoms with Gasteiger partial charge in [-0.15, -0.1) is 0 Å². The van der Waals surface area contributed by atoms with Gasteiger partial charge in [0.15, 0.2) is 0 Å². The summed E-state index contributed by atoms with van der Waals surface area (Å²) >= 11 is 0. The van der Waals surface area contributed by atoms with E-state index in [0.717, 1.165) is 32.2 Å². The number of hydrogen-bond acceptors (Lipinski definition) is 4. The molecule has 2 atom stereocenters. The van der Waals surface area contributed by atoms with Crippen LogP contribution in [0.2, 0.25) is 0 Å². The second kappa shape index (κ2) is 8.64. The Bertz CT molecular complexity index is 409. The van der Waals surface area contributed by atoms with Crippen molar-refractivity contribution in [2.75, 3.05) is 19.7 Å². The lowest BCUT2D eigenvalue weighted by atomic mass is 9.85. The molecular weight excluding hydrogens is 296 g/mol. The van der Waals surface area contributed by atoms with Crippen molar-refractivity contribution in [2.45, 2.75) is 70.6 Å². The van der Waals surface area contributed by atoms with Crippen LogP contribution < -0.4 is 5.32 Å². The van der Waals surface area contributed by atoms with Gasteiger partial charge in [0.25, 0.3) is 0 Å². The lowest BCUT2D eigenvalue weighted by Crippen LogP contribution is -2.55. The van der Waals surface area contributed by atoms with E-state index in [1.165, 1.54) is 12.8 Å². The number of nitrogens with zero attached hydrogens (tertiary/aromatic N) is 1. The van der Waals surface area contributed by atoms with E-state index in [0.29, 0.717) is 5.92 Å². The standard InChI is InChI=1S/C17H30N2O4/c1-3-19(10-17(21)22)14-8-13(9-14)18-16(20)11-23-15-6-4-5-12(2)7-15/h12-15H,3-11H2,1-2H3,(H,18,20)(H,21,22)/t12-,13?,14?,15+/m1/s1. The predicted octanol–water partition coefficient (Wildman–Crippen LogP) is 1.64. The van der Waals surface area contributed by atoms with Gasteiger partial charge >= 0.3 is 5.97 Å². The highest BCUT2D eigenvalue weighted by Crippen LogP contribution is 2.27. The summed E-state index contributed by atoms with van der Waals surface area (Å²) in [7, 11) is 0. The molecule has 0 aliphatic heterocycles.